The Hall–Kier alpha value is -0.0800. The quantitative estimate of drug-likeness (QED) is 0.556. The first-order valence-corrected chi connectivity index (χ1v) is 8.13. The maximum Gasteiger partial charge on any atom is 0.0586 e. The van der Waals surface area contributed by atoms with Crippen LogP contribution in [0.1, 0.15) is 77.6 Å². The van der Waals surface area contributed by atoms with Gasteiger partial charge < -0.3 is 10.1 Å². The van der Waals surface area contributed by atoms with Crippen molar-refractivity contribution in [2.45, 2.75) is 89.7 Å². The van der Waals surface area contributed by atoms with E-state index < -0.39 is 0 Å². The number of nitrogens with one attached hydrogen (secondary N) is 1. The van der Waals surface area contributed by atoms with E-state index in [1.54, 1.807) is 0 Å². The van der Waals surface area contributed by atoms with Crippen molar-refractivity contribution in [3.8, 4) is 0 Å². The molecule has 1 saturated carbocycles. The largest absolute Gasteiger partial charge is 0.381 e. The van der Waals surface area contributed by atoms with Gasteiger partial charge in [-0.2, -0.15) is 0 Å². The summed E-state index contributed by atoms with van der Waals surface area (Å²) in [4.78, 5) is 0. The van der Waals surface area contributed by atoms with E-state index in [-0.39, 0.29) is 0 Å². The van der Waals surface area contributed by atoms with Gasteiger partial charge in [0.15, 0.2) is 0 Å². The van der Waals surface area contributed by atoms with Crippen molar-refractivity contribution in [3.05, 3.63) is 0 Å². The number of methoxy groups -OCH3 is 1. The Bertz CT molecular complexity index is 184. The molecule has 18 heavy (non-hydrogen) atoms. The second-order valence-corrected chi connectivity index (χ2v) is 5.80. The average molecular weight is 255 g/mol. The van der Waals surface area contributed by atoms with Crippen LogP contribution in [-0.2, 0) is 4.74 Å². The number of hydrogen-bond donors (Lipinski definition) is 1. The lowest BCUT2D eigenvalue weighted by atomic mass is 10.1. The lowest BCUT2D eigenvalue weighted by molar-refractivity contribution is 0.107. The summed E-state index contributed by atoms with van der Waals surface area (Å²) in [5.41, 5.74) is 0. The van der Waals surface area contributed by atoms with Crippen LogP contribution in [0.3, 0.4) is 0 Å². The summed E-state index contributed by atoms with van der Waals surface area (Å²) in [6, 6.07) is 0.722. The molecule has 2 heteroatoms. The molecule has 1 aliphatic carbocycles. The Kier molecular flexibility index (Phi) is 9.59. The highest BCUT2D eigenvalue weighted by Gasteiger charge is 2.23. The molecule has 1 rings (SSSR count). The first kappa shape index (κ1) is 16.0. The number of hydrogen-bond acceptors (Lipinski definition) is 2. The summed E-state index contributed by atoms with van der Waals surface area (Å²) in [5, 5.41) is 3.68. The summed E-state index contributed by atoms with van der Waals surface area (Å²) in [7, 11) is 1.84. The first-order valence-electron chi connectivity index (χ1n) is 8.13. The second-order valence-electron chi connectivity index (χ2n) is 5.80. The van der Waals surface area contributed by atoms with Crippen LogP contribution in [0.2, 0.25) is 0 Å². The minimum absolute atomic E-state index is 0.515. The maximum absolute atomic E-state index is 5.39. The lowest BCUT2D eigenvalue weighted by Crippen LogP contribution is -2.28. The highest BCUT2D eigenvalue weighted by Crippen LogP contribution is 2.21. The molecule has 1 aliphatic rings. The number of rotatable bonds is 11. The van der Waals surface area contributed by atoms with E-state index in [2.05, 4.69) is 12.2 Å². The van der Waals surface area contributed by atoms with Crippen molar-refractivity contribution in [1.82, 2.24) is 5.32 Å². The van der Waals surface area contributed by atoms with Gasteiger partial charge in [-0.1, -0.05) is 51.9 Å². The molecule has 0 aromatic carbocycles. The lowest BCUT2D eigenvalue weighted by Gasteiger charge is -2.12. The zero-order valence-electron chi connectivity index (χ0n) is 12.5. The van der Waals surface area contributed by atoms with Gasteiger partial charge in [0.2, 0.25) is 0 Å². The molecule has 0 radical (unpaired) electrons. The van der Waals surface area contributed by atoms with Gasteiger partial charge in [-0.3, -0.25) is 0 Å². The molecular formula is C16H33NO. The smallest absolute Gasteiger partial charge is 0.0586 e. The third-order valence-electron chi connectivity index (χ3n) is 4.18. The van der Waals surface area contributed by atoms with E-state index >= 15 is 0 Å². The molecule has 108 valence electrons. The number of unbranched alkanes of at least 4 members (excludes halogenated alkanes) is 7. The molecule has 0 amide bonds. The molecule has 2 unspecified atom stereocenters. The van der Waals surface area contributed by atoms with Crippen LogP contribution in [0, 0.1) is 0 Å². The molecule has 0 bridgehead atoms. The zero-order valence-corrected chi connectivity index (χ0v) is 12.5. The Labute approximate surface area is 114 Å². The van der Waals surface area contributed by atoms with Crippen molar-refractivity contribution in [1.29, 1.82) is 0 Å². The summed E-state index contributed by atoms with van der Waals surface area (Å²) in [6.07, 6.45) is 15.6. The molecule has 1 fully saturated rings. The van der Waals surface area contributed by atoms with Crippen LogP contribution in [0.5, 0.6) is 0 Å². The summed E-state index contributed by atoms with van der Waals surface area (Å²) in [6.45, 7) is 3.49. The van der Waals surface area contributed by atoms with Crippen LogP contribution in [0.4, 0.5) is 0 Å². The third-order valence-corrected chi connectivity index (χ3v) is 4.18. The van der Waals surface area contributed by atoms with Crippen LogP contribution < -0.4 is 5.32 Å². The van der Waals surface area contributed by atoms with Crippen LogP contribution in [-0.4, -0.2) is 25.8 Å². The van der Waals surface area contributed by atoms with Crippen LogP contribution in [0.25, 0.3) is 0 Å². The summed E-state index contributed by atoms with van der Waals surface area (Å²) >= 11 is 0. The molecule has 0 heterocycles. The molecule has 0 spiro atoms. The predicted molar refractivity (Wildman–Crippen MR) is 79.0 cm³/mol. The normalized spacial score (nSPS) is 23.7. The van der Waals surface area contributed by atoms with E-state index in [0.717, 1.165) is 6.04 Å². The molecular weight excluding hydrogens is 222 g/mol. The number of ether oxygens (including phenoxy) is 1. The van der Waals surface area contributed by atoms with Gasteiger partial charge in [0.05, 0.1) is 6.10 Å². The fourth-order valence-corrected chi connectivity index (χ4v) is 2.90. The monoisotopic (exact) mass is 255 g/mol. The highest BCUT2D eigenvalue weighted by molar-refractivity contribution is 4.80. The minimum atomic E-state index is 0.515. The fraction of sp³-hybridized carbons (Fsp3) is 1.00. The van der Waals surface area contributed by atoms with E-state index in [4.69, 9.17) is 4.74 Å². The molecule has 0 saturated heterocycles. The Morgan fingerprint density at radius 2 is 1.61 bits per heavy atom. The Morgan fingerprint density at radius 1 is 0.944 bits per heavy atom. The topological polar surface area (TPSA) is 21.3 Å². The third kappa shape index (κ3) is 7.38. The molecule has 1 N–H and O–H groups in total. The van der Waals surface area contributed by atoms with Gasteiger partial charge >= 0.3 is 0 Å². The highest BCUT2D eigenvalue weighted by atomic mass is 16.5. The second kappa shape index (κ2) is 10.8. The van der Waals surface area contributed by atoms with Gasteiger partial charge in [0.25, 0.3) is 0 Å². The average Bonchev–Trinajstić information content (AvgIpc) is 2.85. The Morgan fingerprint density at radius 3 is 2.22 bits per heavy atom. The van der Waals surface area contributed by atoms with Gasteiger partial charge in [-0.25, -0.2) is 0 Å². The standard InChI is InChI=1S/C16H33NO/c1-3-4-5-6-7-8-9-10-13-17-15-11-12-16(14-15)18-2/h15-17H,3-14H2,1-2H3. The summed E-state index contributed by atoms with van der Waals surface area (Å²) < 4.78 is 5.39. The van der Waals surface area contributed by atoms with Crippen molar-refractivity contribution in [3.63, 3.8) is 0 Å². The van der Waals surface area contributed by atoms with E-state index in [9.17, 15) is 0 Å². The van der Waals surface area contributed by atoms with Crippen LogP contribution in [0.15, 0.2) is 0 Å². The molecule has 0 aromatic rings. The first-order chi connectivity index (χ1) is 8.86. The zero-order chi connectivity index (χ0) is 13.1. The van der Waals surface area contributed by atoms with Crippen molar-refractivity contribution < 1.29 is 4.74 Å². The Balaban J connectivity index is 1.79. The van der Waals surface area contributed by atoms with E-state index in [1.165, 1.54) is 77.2 Å². The fourth-order valence-electron chi connectivity index (χ4n) is 2.90. The van der Waals surface area contributed by atoms with Gasteiger partial charge in [-0.15, -0.1) is 0 Å². The van der Waals surface area contributed by atoms with Gasteiger partial charge in [0, 0.05) is 13.2 Å². The van der Waals surface area contributed by atoms with Crippen molar-refractivity contribution in [2.75, 3.05) is 13.7 Å². The SMILES string of the molecule is CCCCCCCCCCNC1CCC(OC)C1. The molecule has 2 atom stereocenters. The molecule has 0 aromatic heterocycles. The molecule has 2 nitrogen and oxygen atoms in total. The minimum Gasteiger partial charge on any atom is -0.381 e. The van der Waals surface area contributed by atoms with Gasteiger partial charge in [-0.05, 0) is 32.2 Å². The van der Waals surface area contributed by atoms with E-state index in [1.807, 2.05) is 7.11 Å². The van der Waals surface area contributed by atoms with Crippen LogP contribution >= 0.6 is 0 Å². The van der Waals surface area contributed by atoms with Gasteiger partial charge in [0.1, 0.15) is 0 Å². The van der Waals surface area contributed by atoms with Crippen molar-refractivity contribution >= 4 is 0 Å². The summed E-state index contributed by atoms with van der Waals surface area (Å²) in [5.74, 6) is 0. The maximum atomic E-state index is 5.39. The van der Waals surface area contributed by atoms with Crippen molar-refractivity contribution in [2.24, 2.45) is 0 Å². The molecule has 0 aliphatic heterocycles. The predicted octanol–water partition coefficient (Wildman–Crippen LogP) is 4.28. The van der Waals surface area contributed by atoms with E-state index in [0.29, 0.717) is 6.10 Å².